The van der Waals surface area contributed by atoms with Gasteiger partial charge in [-0.05, 0) is 42.8 Å². The molecular weight excluding hydrogens is 350 g/mol. The molecule has 0 heterocycles. The lowest BCUT2D eigenvalue weighted by Gasteiger charge is -2.18. The number of sulfonamides is 1. The number of aryl methyl sites for hydroxylation is 1. The van der Waals surface area contributed by atoms with Crippen LogP contribution >= 0.6 is 0 Å². The van der Waals surface area contributed by atoms with E-state index in [2.05, 4.69) is 10.6 Å². The number of anilines is 2. The highest BCUT2D eigenvalue weighted by molar-refractivity contribution is 7.89. The minimum absolute atomic E-state index is 0.129. The van der Waals surface area contributed by atoms with Crippen LogP contribution in [0.5, 0.6) is 0 Å². The molecule has 1 amide bonds. The lowest BCUT2D eigenvalue weighted by atomic mass is 10.2. The molecule has 0 aliphatic carbocycles. The lowest BCUT2D eigenvalue weighted by molar-refractivity contribution is -0.114. The Morgan fingerprint density at radius 1 is 1.00 bits per heavy atom. The number of para-hydroxylation sites is 1. The van der Waals surface area contributed by atoms with Gasteiger partial charge < -0.3 is 10.6 Å². The second-order valence-corrected chi connectivity index (χ2v) is 7.77. The topological polar surface area (TPSA) is 78.5 Å². The number of nitrogens with zero attached hydrogens (tertiary/aromatic N) is 1. The molecule has 0 saturated heterocycles. The van der Waals surface area contributed by atoms with E-state index >= 15 is 0 Å². The van der Waals surface area contributed by atoms with Crippen LogP contribution < -0.4 is 10.6 Å². The standard InChI is InChI=1S/C19H25N3O3S/c1-4-22(5-2)26(24,25)17-12-10-16(11-13-17)21-19(23)14-20-18-9-7-6-8-15(18)3/h6-13,20H,4-5,14H2,1-3H3,(H,21,23). The first-order chi connectivity index (χ1) is 12.4. The lowest BCUT2D eigenvalue weighted by Crippen LogP contribution is -2.30. The normalized spacial score (nSPS) is 11.4. The van der Waals surface area contributed by atoms with Crippen molar-refractivity contribution in [1.29, 1.82) is 0 Å². The van der Waals surface area contributed by atoms with Crippen LogP contribution in [0, 0.1) is 6.92 Å². The number of carbonyl (C=O) groups excluding carboxylic acids is 1. The summed E-state index contributed by atoms with van der Waals surface area (Å²) in [6.07, 6.45) is 0. The first-order valence-electron chi connectivity index (χ1n) is 8.58. The second-order valence-electron chi connectivity index (χ2n) is 5.83. The number of carbonyl (C=O) groups is 1. The van der Waals surface area contributed by atoms with Crippen LogP contribution in [0.4, 0.5) is 11.4 Å². The van der Waals surface area contributed by atoms with E-state index in [1.165, 1.54) is 16.4 Å². The van der Waals surface area contributed by atoms with Crippen molar-refractivity contribution in [2.24, 2.45) is 0 Å². The smallest absolute Gasteiger partial charge is 0.243 e. The van der Waals surface area contributed by atoms with E-state index in [0.717, 1.165) is 11.3 Å². The van der Waals surface area contributed by atoms with Gasteiger partial charge in [-0.1, -0.05) is 32.0 Å². The Morgan fingerprint density at radius 3 is 2.19 bits per heavy atom. The molecule has 0 spiro atoms. The average molecular weight is 375 g/mol. The van der Waals surface area contributed by atoms with Crippen molar-refractivity contribution in [3.63, 3.8) is 0 Å². The van der Waals surface area contributed by atoms with Crippen molar-refractivity contribution in [3.8, 4) is 0 Å². The van der Waals surface area contributed by atoms with Gasteiger partial charge in [-0.25, -0.2) is 8.42 Å². The van der Waals surface area contributed by atoms with Gasteiger partial charge in [-0.2, -0.15) is 4.31 Å². The van der Waals surface area contributed by atoms with Gasteiger partial charge in [0.25, 0.3) is 0 Å². The van der Waals surface area contributed by atoms with E-state index in [1.807, 2.05) is 31.2 Å². The first-order valence-corrected chi connectivity index (χ1v) is 10.0. The molecule has 7 heteroatoms. The van der Waals surface area contributed by atoms with E-state index in [4.69, 9.17) is 0 Å². The van der Waals surface area contributed by atoms with Crippen molar-refractivity contribution < 1.29 is 13.2 Å². The summed E-state index contributed by atoms with van der Waals surface area (Å²) in [7, 11) is -3.49. The number of nitrogens with one attached hydrogen (secondary N) is 2. The van der Waals surface area contributed by atoms with Crippen LogP contribution in [0.3, 0.4) is 0 Å². The third kappa shape index (κ3) is 4.83. The Kier molecular flexibility index (Phi) is 6.76. The molecule has 0 bridgehead atoms. The summed E-state index contributed by atoms with van der Waals surface area (Å²) >= 11 is 0. The van der Waals surface area contributed by atoms with Gasteiger partial charge in [0.05, 0.1) is 11.4 Å². The summed E-state index contributed by atoms with van der Waals surface area (Å²) in [5.74, 6) is -0.201. The minimum Gasteiger partial charge on any atom is -0.376 e. The molecule has 6 nitrogen and oxygen atoms in total. The molecular formula is C19H25N3O3S. The fraction of sp³-hybridized carbons (Fsp3) is 0.316. The van der Waals surface area contributed by atoms with Crippen LogP contribution in [-0.2, 0) is 14.8 Å². The van der Waals surface area contributed by atoms with E-state index in [1.54, 1.807) is 26.0 Å². The predicted octanol–water partition coefficient (Wildman–Crippen LogP) is 3.08. The van der Waals surface area contributed by atoms with Gasteiger partial charge in [0.2, 0.25) is 15.9 Å². The molecule has 0 saturated carbocycles. The molecule has 0 aromatic heterocycles. The molecule has 0 atom stereocenters. The summed E-state index contributed by atoms with van der Waals surface area (Å²) in [5, 5.41) is 5.84. The zero-order valence-corrected chi connectivity index (χ0v) is 16.1. The van der Waals surface area contributed by atoms with Gasteiger partial charge in [0.15, 0.2) is 0 Å². The largest absolute Gasteiger partial charge is 0.376 e. The highest BCUT2D eigenvalue weighted by Gasteiger charge is 2.21. The molecule has 0 aliphatic rings. The molecule has 0 aliphatic heterocycles. The van der Waals surface area contributed by atoms with Gasteiger partial charge in [0, 0.05) is 24.5 Å². The first kappa shape index (κ1) is 19.9. The van der Waals surface area contributed by atoms with E-state index in [-0.39, 0.29) is 17.3 Å². The number of rotatable bonds is 8. The summed E-state index contributed by atoms with van der Waals surface area (Å²) in [6.45, 7) is 6.54. The number of hydrogen-bond acceptors (Lipinski definition) is 4. The van der Waals surface area contributed by atoms with Crippen LogP contribution in [0.2, 0.25) is 0 Å². The quantitative estimate of drug-likeness (QED) is 0.743. The highest BCUT2D eigenvalue weighted by atomic mass is 32.2. The molecule has 2 aromatic rings. The Bertz CT molecular complexity index is 845. The average Bonchev–Trinajstić information content (AvgIpc) is 2.62. The molecule has 140 valence electrons. The number of benzene rings is 2. The zero-order chi connectivity index (χ0) is 19.2. The second kappa shape index (κ2) is 8.82. The summed E-state index contributed by atoms with van der Waals surface area (Å²) in [5.41, 5.74) is 2.52. The van der Waals surface area contributed by atoms with Crippen molar-refractivity contribution in [2.75, 3.05) is 30.3 Å². The molecule has 2 N–H and O–H groups in total. The van der Waals surface area contributed by atoms with E-state index in [9.17, 15) is 13.2 Å². The van der Waals surface area contributed by atoms with E-state index in [0.29, 0.717) is 18.8 Å². The highest BCUT2D eigenvalue weighted by Crippen LogP contribution is 2.18. The van der Waals surface area contributed by atoms with Crippen LogP contribution in [-0.4, -0.2) is 38.3 Å². The zero-order valence-electron chi connectivity index (χ0n) is 15.3. The van der Waals surface area contributed by atoms with Crippen molar-refractivity contribution in [2.45, 2.75) is 25.7 Å². The fourth-order valence-corrected chi connectivity index (χ4v) is 4.03. The van der Waals surface area contributed by atoms with Gasteiger partial charge in [-0.15, -0.1) is 0 Å². The van der Waals surface area contributed by atoms with Gasteiger partial charge in [0.1, 0.15) is 0 Å². The van der Waals surface area contributed by atoms with E-state index < -0.39 is 10.0 Å². The molecule has 2 aromatic carbocycles. The summed E-state index contributed by atoms with van der Waals surface area (Å²) in [6, 6.07) is 13.9. The predicted molar refractivity (Wildman–Crippen MR) is 105 cm³/mol. The monoisotopic (exact) mass is 375 g/mol. The van der Waals surface area contributed by atoms with Crippen molar-refractivity contribution in [1.82, 2.24) is 4.31 Å². The van der Waals surface area contributed by atoms with Crippen LogP contribution in [0.15, 0.2) is 53.4 Å². The summed E-state index contributed by atoms with van der Waals surface area (Å²) in [4.78, 5) is 12.3. The molecule has 0 unspecified atom stereocenters. The molecule has 26 heavy (non-hydrogen) atoms. The molecule has 2 rings (SSSR count). The Balaban J connectivity index is 1.98. The number of amides is 1. The maximum absolute atomic E-state index is 12.4. The van der Waals surface area contributed by atoms with Crippen LogP contribution in [0.25, 0.3) is 0 Å². The van der Waals surface area contributed by atoms with Gasteiger partial charge >= 0.3 is 0 Å². The minimum atomic E-state index is -3.49. The Hall–Kier alpha value is -2.38. The van der Waals surface area contributed by atoms with Crippen molar-refractivity contribution in [3.05, 3.63) is 54.1 Å². The maximum atomic E-state index is 12.4. The van der Waals surface area contributed by atoms with Gasteiger partial charge in [-0.3, -0.25) is 4.79 Å². The van der Waals surface area contributed by atoms with Crippen LogP contribution in [0.1, 0.15) is 19.4 Å². The molecule has 0 fully saturated rings. The SMILES string of the molecule is CCN(CC)S(=O)(=O)c1ccc(NC(=O)CNc2ccccc2C)cc1. The molecule has 0 radical (unpaired) electrons. The summed E-state index contributed by atoms with van der Waals surface area (Å²) < 4.78 is 26.3. The van der Waals surface area contributed by atoms with Crippen molar-refractivity contribution >= 4 is 27.3 Å². The Labute approximate surface area is 155 Å². The maximum Gasteiger partial charge on any atom is 0.243 e. The third-order valence-corrected chi connectivity index (χ3v) is 6.13. The fourth-order valence-electron chi connectivity index (χ4n) is 2.57. The number of hydrogen-bond donors (Lipinski definition) is 2. The third-order valence-electron chi connectivity index (χ3n) is 4.07. The Morgan fingerprint density at radius 2 is 1.62 bits per heavy atom.